The molecule has 1 aliphatic heterocycles. The van der Waals surface area contributed by atoms with Gasteiger partial charge in [-0.2, -0.15) is 0 Å². The average molecular weight is 422 g/mol. The number of methoxy groups -OCH3 is 1. The molecule has 0 radical (unpaired) electrons. The van der Waals surface area contributed by atoms with E-state index >= 15 is 0 Å². The van der Waals surface area contributed by atoms with E-state index in [1.165, 1.54) is 0 Å². The maximum absolute atomic E-state index is 11.7. The van der Waals surface area contributed by atoms with Gasteiger partial charge in [0, 0.05) is 24.4 Å². The largest absolute Gasteiger partial charge is 0.382 e. The third-order valence-electron chi connectivity index (χ3n) is 3.81. The van der Waals surface area contributed by atoms with Gasteiger partial charge < -0.3 is 9.47 Å². The van der Waals surface area contributed by atoms with E-state index in [9.17, 15) is 8.42 Å². The lowest BCUT2D eigenvalue weighted by Gasteiger charge is -2.35. The Bertz CT molecular complexity index is 355. The molecular weight excluding hydrogens is 400 g/mol. The molecule has 1 fully saturated rings. The van der Waals surface area contributed by atoms with Crippen LogP contribution in [0, 0.1) is 11.3 Å². The van der Waals surface area contributed by atoms with E-state index < -0.39 is 9.84 Å². The lowest BCUT2D eigenvalue weighted by Crippen LogP contribution is -2.36. The summed E-state index contributed by atoms with van der Waals surface area (Å²) in [6.45, 7) is 1.81. The van der Waals surface area contributed by atoms with Crippen LogP contribution in [-0.4, -0.2) is 57.5 Å². The SMILES string of the molecule is COCCOCCC(CBr)(CBr)C1CCS(=O)(=O)C1. The first kappa shape index (κ1) is 17.9. The fourth-order valence-corrected chi connectivity index (χ4v) is 6.74. The summed E-state index contributed by atoms with van der Waals surface area (Å²) in [5, 5.41) is 1.58. The smallest absolute Gasteiger partial charge is 0.150 e. The Morgan fingerprint density at radius 3 is 2.37 bits per heavy atom. The Hall–Kier alpha value is 0.830. The van der Waals surface area contributed by atoms with Crippen molar-refractivity contribution in [2.24, 2.45) is 11.3 Å². The number of halogens is 2. The molecule has 1 heterocycles. The van der Waals surface area contributed by atoms with Crippen LogP contribution in [0.1, 0.15) is 12.8 Å². The molecule has 0 aliphatic carbocycles. The number of ether oxygens (including phenoxy) is 2. The molecule has 19 heavy (non-hydrogen) atoms. The van der Waals surface area contributed by atoms with E-state index in [-0.39, 0.29) is 11.3 Å². The van der Waals surface area contributed by atoms with Crippen molar-refractivity contribution < 1.29 is 17.9 Å². The van der Waals surface area contributed by atoms with Crippen LogP contribution in [0.25, 0.3) is 0 Å². The van der Waals surface area contributed by atoms with Crippen molar-refractivity contribution in [2.75, 3.05) is 49.1 Å². The lowest BCUT2D eigenvalue weighted by molar-refractivity contribution is 0.0500. The van der Waals surface area contributed by atoms with E-state index in [4.69, 9.17) is 9.47 Å². The van der Waals surface area contributed by atoms with Gasteiger partial charge in [0.05, 0.1) is 24.7 Å². The minimum atomic E-state index is -2.84. The second-order valence-electron chi connectivity index (χ2n) is 5.08. The monoisotopic (exact) mass is 420 g/mol. The van der Waals surface area contributed by atoms with Gasteiger partial charge in [-0.25, -0.2) is 8.42 Å². The second-order valence-corrected chi connectivity index (χ2v) is 8.43. The summed E-state index contributed by atoms with van der Waals surface area (Å²) in [4.78, 5) is 0. The predicted molar refractivity (Wildman–Crippen MR) is 84.1 cm³/mol. The molecule has 0 N–H and O–H groups in total. The predicted octanol–water partition coefficient (Wildman–Crippen LogP) is 2.25. The Balaban J connectivity index is 2.54. The molecule has 4 nitrogen and oxygen atoms in total. The van der Waals surface area contributed by atoms with E-state index in [0.717, 1.165) is 23.5 Å². The van der Waals surface area contributed by atoms with Gasteiger partial charge in [-0.3, -0.25) is 0 Å². The molecule has 0 aromatic carbocycles. The summed E-state index contributed by atoms with van der Waals surface area (Å²) in [5.74, 6) is 0.842. The topological polar surface area (TPSA) is 52.6 Å². The normalized spacial score (nSPS) is 22.8. The molecule has 0 aromatic heterocycles. The van der Waals surface area contributed by atoms with Gasteiger partial charge in [-0.1, -0.05) is 31.9 Å². The lowest BCUT2D eigenvalue weighted by atomic mass is 9.76. The minimum absolute atomic E-state index is 0.0450. The summed E-state index contributed by atoms with van der Waals surface area (Å²) in [6.07, 6.45) is 1.62. The molecule has 1 rings (SSSR count). The van der Waals surface area contributed by atoms with E-state index in [0.29, 0.717) is 31.3 Å². The molecule has 0 saturated carbocycles. The maximum atomic E-state index is 11.7. The van der Waals surface area contributed by atoms with Crippen molar-refractivity contribution in [2.45, 2.75) is 12.8 Å². The first-order valence-corrected chi connectivity index (χ1v) is 10.4. The Morgan fingerprint density at radius 2 is 1.89 bits per heavy atom. The summed E-state index contributed by atoms with van der Waals surface area (Å²) in [7, 11) is -1.19. The molecule has 1 aliphatic rings. The van der Waals surface area contributed by atoms with Gasteiger partial charge in [0.15, 0.2) is 9.84 Å². The minimum Gasteiger partial charge on any atom is -0.382 e. The number of alkyl halides is 2. The number of sulfone groups is 1. The average Bonchev–Trinajstić information content (AvgIpc) is 2.75. The van der Waals surface area contributed by atoms with Gasteiger partial charge in [0.25, 0.3) is 0 Å². The molecule has 1 atom stereocenters. The van der Waals surface area contributed by atoms with Gasteiger partial charge in [0.1, 0.15) is 0 Å². The van der Waals surface area contributed by atoms with Crippen molar-refractivity contribution in [3.05, 3.63) is 0 Å². The third-order valence-corrected chi connectivity index (χ3v) is 7.81. The summed E-state index contributed by atoms with van der Waals surface area (Å²) < 4.78 is 33.8. The highest BCUT2D eigenvalue weighted by atomic mass is 79.9. The zero-order valence-corrected chi connectivity index (χ0v) is 15.2. The van der Waals surface area contributed by atoms with Crippen molar-refractivity contribution in [1.82, 2.24) is 0 Å². The molecule has 0 spiro atoms. The third kappa shape index (κ3) is 5.26. The molecule has 7 heteroatoms. The van der Waals surface area contributed by atoms with E-state index in [1.807, 2.05) is 0 Å². The van der Waals surface area contributed by atoms with Gasteiger partial charge in [-0.15, -0.1) is 0 Å². The number of hydrogen-bond donors (Lipinski definition) is 0. The second kappa shape index (κ2) is 8.32. The van der Waals surface area contributed by atoms with Crippen LogP contribution in [0.15, 0.2) is 0 Å². The zero-order chi connectivity index (χ0) is 14.4. The standard InChI is InChI=1S/C12H22Br2O4S/c1-17-5-6-18-4-3-12(9-13,10-14)11-2-7-19(15,16)8-11/h11H,2-10H2,1H3. The molecule has 114 valence electrons. The summed E-state index contributed by atoms with van der Waals surface area (Å²) in [6, 6.07) is 0. The van der Waals surface area contributed by atoms with Crippen LogP contribution in [0.4, 0.5) is 0 Å². The van der Waals surface area contributed by atoms with E-state index in [1.54, 1.807) is 7.11 Å². The zero-order valence-electron chi connectivity index (χ0n) is 11.2. The fourth-order valence-electron chi connectivity index (χ4n) is 2.39. The van der Waals surface area contributed by atoms with Gasteiger partial charge >= 0.3 is 0 Å². The van der Waals surface area contributed by atoms with Crippen molar-refractivity contribution in [3.63, 3.8) is 0 Å². The number of rotatable bonds is 9. The van der Waals surface area contributed by atoms with Crippen LogP contribution in [0.5, 0.6) is 0 Å². The van der Waals surface area contributed by atoms with Gasteiger partial charge in [0.2, 0.25) is 0 Å². The molecule has 1 unspecified atom stereocenters. The van der Waals surface area contributed by atoms with Crippen LogP contribution in [0.3, 0.4) is 0 Å². The van der Waals surface area contributed by atoms with Crippen molar-refractivity contribution in [1.29, 1.82) is 0 Å². The summed E-state index contributed by atoms with van der Waals surface area (Å²) in [5.41, 5.74) is -0.0450. The van der Waals surface area contributed by atoms with Crippen LogP contribution in [-0.2, 0) is 19.3 Å². The first-order valence-electron chi connectivity index (χ1n) is 6.39. The molecule has 1 saturated heterocycles. The van der Waals surface area contributed by atoms with Crippen LogP contribution >= 0.6 is 31.9 Å². The molecule has 0 bridgehead atoms. The highest BCUT2D eigenvalue weighted by Gasteiger charge is 2.43. The number of hydrogen-bond acceptors (Lipinski definition) is 4. The van der Waals surface area contributed by atoms with Crippen molar-refractivity contribution >= 4 is 41.7 Å². The summed E-state index contributed by atoms with van der Waals surface area (Å²) >= 11 is 7.12. The van der Waals surface area contributed by atoms with Crippen molar-refractivity contribution in [3.8, 4) is 0 Å². The van der Waals surface area contributed by atoms with Crippen LogP contribution in [0.2, 0.25) is 0 Å². The molecular formula is C12H22Br2O4S. The molecule has 0 aromatic rings. The van der Waals surface area contributed by atoms with Gasteiger partial charge in [-0.05, 0) is 24.2 Å². The Kier molecular flexibility index (Phi) is 7.83. The maximum Gasteiger partial charge on any atom is 0.150 e. The quantitative estimate of drug-likeness (QED) is 0.423. The van der Waals surface area contributed by atoms with E-state index in [2.05, 4.69) is 31.9 Å². The Morgan fingerprint density at radius 1 is 1.21 bits per heavy atom. The Labute approximate surface area is 132 Å². The first-order chi connectivity index (χ1) is 8.99. The highest BCUT2D eigenvalue weighted by molar-refractivity contribution is 9.09. The highest BCUT2D eigenvalue weighted by Crippen LogP contribution is 2.41. The fraction of sp³-hybridized carbons (Fsp3) is 1.00. The van der Waals surface area contributed by atoms with Crippen LogP contribution < -0.4 is 0 Å². The molecule has 0 amide bonds.